The van der Waals surface area contributed by atoms with Crippen molar-refractivity contribution in [2.24, 2.45) is 11.8 Å². The van der Waals surface area contributed by atoms with Gasteiger partial charge < -0.3 is 15.7 Å². The van der Waals surface area contributed by atoms with E-state index in [9.17, 15) is 9.59 Å². The molecule has 5 heteroatoms. The molecule has 5 nitrogen and oxygen atoms in total. The van der Waals surface area contributed by atoms with Crippen LogP contribution in [0, 0.1) is 11.8 Å². The minimum atomic E-state index is -0.738. The van der Waals surface area contributed by atoms with Crippen LogP contribution in [0.1, 0.15) is 32.6 Å². The number of urea groups is 1. The molecule has 2 amide bonds. The third-order valence-electron chi connectivity index (χ3n) is 3.04. The topological polar surface area (TPSA) is 78.4 Å². The second kappa shape index (κ2) is 6.35. The fraction of sp³-hybridized carbons (Fsp3) is 0.818. The lowest BCUT2D eigenvalue weighted by atomic mass is 9.96. The average Bonchev–Trinajstić information content (AvgIpc) is 2.71. The van der Waals surface area contributed by atoms with E-state index >= 15 is 0 Å². The predicted octanol–water partition coefficient (Wildman–Crippen LogP) is 1.20. The Morgan fingerprint density at radius 3 is 2.69 bits per heavy atom. The minimum Gasteiger partial charge on any atom is -0.481 e. The Bertz CT molecular complexity index is 256. The lowest BCUT2D eigenvalue weighted by Gasteiger charge is -2.16. The quantitative estimate of drug-likeness (QED) is 0.661. The van der Waals surface area contributed by atoms with Crippen LogP contribution in [0.15, 0.2) is 0 Å². The van der Waals surface area contributed by atoms with Crippen molar-refractivity contribution in [2.75, 3.05) is 13.1 Å². The molecule has 2 atom stereocenters. The molecule has 0 radical (unpaired) electrons. The number of hydrogen-bond acceptors (Lipinski definition) is 2. The summed E-state index contributed by atoms with van der Waals surface area (Å²) in [6.07, 6.45) is 3.47. The molecule has 0 spiro atoms. The Morgan fingerprint density at radius 1 is 1.31 bits per heavy atom. The van der Waals surface area contributed by atoms with Crippen LogP contribution < -0.4 is 10.6 Å². The molecule has 0 aromatic rings. The third kappa shape index (κ3) is 3.72. The highest BCUT2D eigenvalue weighted by Crippen LogP contribution is 2.31. The van der Waals surface area contributed by atoms with Crippen molar-refractivity contribution >= 4 is 12.0 Å². The monoisotopic (exact) mass is 228 g/mol. The highest BCUT2D eigenvalue weighted by Gasteiger charge is 2.32. The van der Waals surface area contributed by atoms with Crippen molar-refractivity contribution in [3.05, 3.63) is 0 Å². The zero-order valence-corrected chi connectivity index (χ0v) is 9.66. The summed E-state index contributed by atoms with van der Waals surface area (Å²) in [5, 5.41) is 14.4. The number of amides is 2. The highest BCUT2D eigenvalue weighted by atomic mass is 16.4. The first-order valence-corrected chi connectivity index (χ1v) is 5.89. The first-order chi connectivity index (χ1) is 7.65. The number of aliphatic carboxylic acids is 1. The number of carbonyl (C=O) groups is 2. The molecular weight excluding hydrogens is 208 g/mol. The second-order valence-corrected chi connectivity index (χ2v) is 4.27. The van der Waals surface area contributed by atoms with Gasteiger partial charge in [-0.1, -0.05) is 13.3 Å². The summed E-state index contributed by atoms with van der Waals surface area (Å²) < 4.78 is 0. The molecule has 0 heterocycles. The summed E-state index contributed by atoms with van der Waals surface area (Å²) in [5.74, 6) is -0.936. The standard InChI is InChI=1S/C11H20N2O3/c1-2-6-12-11(16)13-7-8-4-3-5-9(8)10(14)15/h8-9H,2-7H2,1H3,(H,14,15)(H2,12,13,16). The molecule has 2 unspecified atom stereocenters. The van der Waals surface area contributed by atoms with Gasteiger partial charge >= 0.3 is 12.0 Å². The Kier molecular flexibility index (Phi) is 5.08. The Balaban J connectivity index is 2.26. The third-order valence-corrected chi connectivity index (χ3v) is 3.04. The van der Waals surface area contributed by atoms with E-state index < -0.39 is 5.97 Å². The summed E-state index contributed by atoms with van der Waals surface area (Å²) in [6.45, 7) is 3.10. The van der Waals surface area contributed by atoms with Crippen LogP contribution in [0.2, 0.25) is 0 Å². The van der Waals surface area contributed by atoms with Gasteiger partial charge in [-0.3, -0.25) is 4.79 Å². The molecule has 1 saturated carbocycles. The van der Waals surface area contributed by atoms with E-state index in [-0.39, 0.29) is 17.9 Å². The molecule has 1 aliphatic carbocycles. The first-order valence-electron chi connectivity index (χ1n) is 5.89. The molecule has 0 aliphatic heterocycles. The van der Waals surface area contributed by atoms with Gasteiger partial charge in [0.15, 0.2) is 0 Å². The minimum absolute atomic E-state index is 0.0878. The van der Waals surface area contributed by atoms with Gasteiger partial charge in [0.25, 0.3) is 0 Å². The molecule has 0 bridgehead atoms. The van der Waals surface area contributed by atoms with Gasteiger partial charge in [0, 0.05) is 13.1 Å². The predicted molar refractivity (Wildman–Crippen MR) is 60.2 cm³/mol. The van der Waals surface area contributed by atoms with Gasteiger partial charge in [0.05, 0.1) is 5.92 Å². The Hall–Kier alpha value is -1.26. The van der Waals surface area contributed by atoms with E-state index in [1.165, 1.54) is 0 Å². The lowest BCUT2D eigenvalue weighted by Crippen LogP contribution is -2.39. The smallest absolute Gasteiger partial charge is 0.314 e. The molecule has 92 valence electrons. The summed E-state index contributed by atoms with van der Waals surface area (Å²) in [4.78, 5) is 22.2. The van der Waals surface area contributed by atoms with Gasteiger partial charge in [0.1, 0.15) is 0 Å². The summed E-state index contributed by atoms with van der Waals surface area (Å²) in [6, 6.07) is -0.196. The molecule has 1 fully saturated rings. The number of hydrogen-bond donors (Lipinski definition) is 3. The van der Waals surface area contributed by atoms with E-state index in [1.54, 1.807) is 0 Å². The van der Waals surface area contributed by atoms with Crippen molar-refractivity contribution in [2.45, 2.75) is 32.6 Å². The molecular formula is C11H20N2O3. The molecule has 16 heavy (non-hydrogen) atoms. The van der Waals surface area contributed by atoms with Crippen molar-refractivity contribution < 1.29 is 14.7 Å². The summed E-state index contributed by atoms with van der Waals surface area (Å²) in [7, 11) is 0. The summed E-state index contributed by atoms with van der Waals surface area (Å²) >= 11 is 0. The van der Waals surface area contributed by atoms with E-state index in [2.05, 4.69) is 10.6 Å². The number of carboxylic acids is 1. The molecule has 1 rings (SSSR count). The largest absolute Gasteiger partial charge is 0.481 e. The van der Waals surface area contributed by atoms with Gasteiger partial charge in [-0.15, -0.1) is 0 Å². The zero-order valence-electron chi connectivity index (χ0n) is 9.66. The van der Waals surface area contributed by atoms with Gasteiger partial charge in [0.2, 0.25) is 0 Å². The van der Waals surface area contributed by atoms with Crippen molar-refractivity contribution in [3.63, 3.8) is 0 Å². The van der Waals surface area contributed by atoms with Gasteiger partial charge in [-0.05, 0) is 25.2 Å². The van der Waals surface area contributed by atoms with Crippen molar-refractivity contribution in [1.29, 1.82) is 0 Å². The normalized spacial score (nSPS) is 24.1. The van der Waals surface area contributed by atoms with E-state index in [0.29, 0.717) is 13.1 Å². The second-order valence-electron chi connectivity index (χ2n) is 4.27. The molecule has 0 saturated heterocycles. The number of carboxylic acid groups (broad SMARTS) is 1. The van der Waals surface area contributed by atoms with Crippen LogP contribution in [0.5, 0.6) is 0 Å². The van der Waals surface area contributed by atoms with Crippen LogP contribution in [-0.4, -0.2) is 30.2 Å². The van der Waals surface area contributed by atoms with Crippen LogP contribution in [0.25, 0.3) is 0 Å². The molecule has 3 N–H and O–H groups in total. The maximum atomic E-state index is 11.3. The Labute approximate surface area is 95.6 Å². The number of carbonyl (C=O) groups excluding carboxylic acids is 1. The summed E-state index contributed by atoms with van der Waals surface area (Å²) in [5.41, 5.74) is 0. The van der Waals surface area contributed by atoms with E-state index in [4.69, 9.17) is 5.11 Å². The van der Waals surface area contributed by atoms with Crippen molar-refractivity contribution in [1.82, 2.24) is 10.6 Å². The van der Waals surface area contributed by atoms with Crippen LogP contribution >= 0.6 is 0 Å². The highest BCUT2D eigenvalue weighted by molar-refractivity contribution is 5.74. The maximum absolute atomic E-state index is 11.3. The molecule has 1 aliphatic rings. The van der Waals surface area contributed by atoms with Gasteiger partial charge in [-0.2, -0.15) is 0 Å². The van der Waals surface area contributed by atoms with E-state index in [0.717, 1.165) is 25.7 Å². The number of nitrogens with one attached hydrogen (secondary N) is 2. The average molecular weight is 228 g/mol. The van der Waals surface area contributed by atoms with Gasteiger partial charge in [-0.25, -0.2) is 4.79 Å². The lowest BCUT2D eigenvalue weighted by molar-refractivity contribution is -0.142. The first kappa shape index (κ1) is 12.8. The Morgan fingerprint density at radius 2 is 2.06 bits per heavy atom. The van der Waals surface area contributed by atoms with Crippen molar-refractivity contribution in [3.8, 4) is 0 Å². The number of rotatable bonds is 5. The van der Waals surface area contributed by atoms with Crippen LogP contribution in [0.4, 0.5) is 4.79 Å². The molecule has 0 aromatic heterocycles. The van der Waals surface area contributed by atoms with Crippen LogP contribution in [0.3, 0.4) is 0 Å². The van der Waals surface area contributed by atoms with Crippen LogP contribution in [-0.2, 0) is 4.79 Å². The maximum Gasteiger partial charge on any atom is 0.314 e. The molecule has 0 aromatic carbocycles. The zero-order chi connectivity index (χ0) is 12.0. The fourth-order valence-corrected chi connectivity index (χ4v) is 2.13. The SMILES string of the molecule is CCCNC(=O)NCC1CCCC1C(=O)O. The van der Waals surface area contributed by atoms with E-state index in [1.807, 2.05) is 6.92 Å². The fourth-order valence-electron chi connectivity index (χ4n) is 2.13.